The van der Waals surface area contributed by atoms with Gasteiger partial charge in [0.2, 0.25) is 5.91 Å². The third kappa shape index (κ3) is 4.76. The maximum absolute atomic E-state index is 12.0. The second kappa shape index (κ2) is 7.82. The van der Waals surface area contributed by atoms with Gasteiger partial charge in [0.15, 0.2) is 5.96 Å². The summed E-state index contributed by atoms with van der Waals surface area (Å²) in [6.45, 7) is 6.10. The van der Waals surface area contributed by atoms with Gasteiger partial charge in [0.25, 0.3) is 0 Å². The standard InChI is InChI=1S/C17H26N4O/c1-13(2)14-7-6-8-15(11-14)20-17(18)19-12-16(22)21-9-4-3-5-10-21/h6-8,11,13H,3-5,9-10,12H2,1-2H3,(H3,18,19,20). The largest absolute Gasteiger partial charge is 0.370 e. The quantitative estimate of drug-likeness (QED) is 0.663. The lowest BCUT2D eigenvalue weighted by molar-refractivity contribution is -0.130. The minimum absolute atomic E-state index is 0.0559. The number of carbonyl (C=O) groups is 1. The number of hydrogen-bond donors (Lipinski definition) is 2. The molecule has 0 radical (unpaired) electrons. The minimum atomic E-state index is 0.0559. The van der Waals surface area contributed by atoms with Crippen LogP contribution in [-0.4, -0.2) is 36.4 Å². The van der Waals surface area contributed by atoms with Gasteiger partial charge >= 0.3 is 0 Å². The maximum Gasteiger partial charge on any atom is 0.244 e. The molecule has 5 heteroatoms. The first kappa shape index (κ1) is 16.3. The van der Waals surface area contributed by atoms with Crippen LogP contribution in [0, 0.1) is 0 Å². The summed E-state index contributed by atoms with van der Waals surface area (Å²) in [4.78, 5) is 18.1. The van der Waals surface area contributed by atoms with E-state index in [1.165, 1.54) is 12.0 Å². The third-order valence-corrected chi connectivity index (χ3v) is 3.92. The van der Waals surface area contributed by atoms with Crippen LogP contribution in [0.15, 0.2) is 29.3 Å². The lowest BCUT2D eigenvalue weighted by Gasteiger charge is -2.26. The first-order valence-electron chi connectivity index (χ1n) is 8.01. The zero-order valence-corrected chi connectivity index (χ0v) is 13.5. The fraction of sp³-hybridized carbons (Fsp3) is 0.529. The number of carbonyl (C=O) groups excluding carboxylic acids is 1. The fourth-order valence-corrected chi connectivity index (χ4v) is 2.56. The fourth-order valence-electron chi connectivity index (χ4n) is 2.56. The van der Waals surface area contributed by atoms with Crippen molar-refractivity contribution in [1.82, 2.24) is 4.90 Å². The second-order valence-corrected chi connectivity index (χ2v) is 6.05. The van der Waals surface area contributed by atoms with Crippen LogP contribution in [0.2, 0.25) is 0 Å². The van der Waals surface area contributed by atoms with E-state index in [4.69, 9.17) is 5.73 Å². The van der Waals surface area contributed by atoms with E-state index in [0.29, 0.717) is 5.92 Å². The van der Waals surface area contributed by atoms with Crippen molar-refractivity contribution in [2.24, 2.45) is 10.7 Å². The average Bonchev–Trinajstić information content (AvgIpc) is 2.53. The van der Waals surface area contributed by atoms with E-state index in [-0.39, 0.29) is 18.4 Å². The molecule has 1 aliphatic heterocycles. The van der Waals surface area contributed by atoms with E-state index in [1.54, 1.807) is 0 Å². The Balaban J connectivity index is 1.89. The topological polar surface area (TPSA) is 70.7 Å². The highest BCUT2D eigenvalue weighted by molar-refractivity contribution is 5.93. The number of rotatable bonds is 4. The van der Waals surface area contributed by atoms with Crippen molar-refractivity contribution < 1.29 is 4.79 Å². The van der Waals surface area contributed by atoms with Crippen LogP contribution in [0.5, 0.6) is 0 Å². The molecule has 5 nitrogen and oxygen atoms in total. The van der Waals surface area contributed by atoms with Crippen molar-refractivity contribution in [1.29, 1.82) is 0 Å². The van der Waals surface area contributed by atoms with E-state index in [0.717, 1.165) is 31.6 Å². The molecule has 0 saturated carbocycles. The zero-order valence-electron chi connectivity index (χ0n) is 13.5. The summed E-state index contributed by atoms with van der Waals surface area (Å²) in [5.41, 5.74) is 8.02. The van der Waals surface area contributed by atoms with Crippen molar-refractivity contribution >= 4 is 17.6 Å². The SMILES string of the molecule is CC(C)c1cccc(NC(N)=NCC(=O)N2CCCCC2)c1. The smallest absolute Gasteiger partial charge is 0.244 e. The summed E-state index contributed by atoms with van der Waals surface area (Å²) in [5, 5.41) is 3.05. The molecule has 3 N–H and O–H groups in total. The number of hydrogen-bond acceptors (Lipinski definition) is 2. The molecule has 1 fully saturated rings. The van der Waals surface area contributed by atoms with E-state index < -0.39 is 0 Å². The molecule has 1 amide bonds. The number of guanidine groups is 1. The number of likely N-dealkylation sites (tertiary alicyclic amines) is 1. The van der Waals surface area contributed by atoms with Crippen LogP contribution in [-0.2, 0) is 4.79 Å². The predicted octanol–water partition coefficient (Wildman–Crippen LogP) is 2.55. The highest BCUT2D eigenvalue weighted by atomic mass is 16.2. The van der Waals surface area contributed by atoms with Crippen LogP contribution in [0.4, 0.5) is 5.69 Å². The number of amides is 1. The van der Waals surface area contributed by atoms with Crippen molar-refractivity contribution in [3.63, 3.8) is 0 Å². The van der Waals surface area contributed by atoms with E-state index in [1.807, 2.05) is 17.0 Å². The van der Waals surface area contributed by atoms with Gasteiger partial charge in [-0.15, -0.1) is 0 Å². The number of aliphatic imine (C=N–C) groups is 1. The Morgan fingerprint density at radius 3 is 2.73 bits per heavy atom. The molecule has 1 saturated heterocycles. The van der Waals surface area contributed by atoms with Gasteiger partial charge in [0.1, 0.15) is 6.54 Å². The summed E-state index contributed by atoms with van der Waals surface area (Å²) in [7, 11) is 0. The molecular formula is C17H26N4O. The summed E-state index contributed by atoms with van der Waals surface area (Å²) < 4.78 is 0. The number of benzene rings is 1. The van der Waals surface area contributed by atoms with Crippen LogP contribution in [0.1, 0.15) is 44.6 Å². The molecule has 0 spiro atoms. The molecular weight excluding hydrogens is 276 g/mol. The van der Waals surface area contributed by atoms with Gasteiger partial charge in [-0.3, -0.25) is 4.79 Å². The average molecular weight is 302 g/mol. The Morgan fingerprint density at radius 1 is 1.32 bits per heavy atom. The molecule has 0 bridgehead atoms. The molecule has 1 aromatic carbocycles. The molecule has 1 aliphatic rings. The van der Waals surface area contributed by atoms with Gasteiger partial charge in [-0.1, -0.05) is 26.0 Å². The third-order valence-electron chi connectivity index (χ3n) is 3.92. The minimum Gasteiger partial charge on any atom is -0.370 e. The van der Waals surface area contributed by atoms with Gasteiger partial charge in [-0.2, -0.15) is 0 Å². The first-order valence-corrected chi connectivity index (χ1v) is 8.01. The van der Waals surface area contributed by atoms with Gasteiger partial charge < -0.3 is 16.0 Å². The summed E-state index contributed by atoms with van der Waals surface area (Å²) in [6.07, 6.45) is 3.39. The monoisotopic (exact) mass is 302 g/mol. The molecule has 2 rings (SSSR count). The van der Waals surface area contributed by atoms with Crippen LogP contribution < -0.4 is 11.1 Å². The lowest BCUT2D eigenvalue weighted by Crippen LogP contribution is -2.37. The van der Waals surface area contributed by atoms with Crippen LogP contribution in [0.25, 0.3) is 0 Å². The van der Waals surface area contributed by atoms with Gasteiger partial charge in [-0.25, -0.2) is 4.99 Å². The zero-order chi connectivity index (χ0) is 15.9. The van der Waals surface area contributed by atoms with Crippen molar-refractivity contribution in [2.45, 2.75) is 39.0 Å². The Hall–Kier alpha value is -2.04. The summed E-state index contributed by atoms with van der Waals surface area (Å²) in [6, 6.07) is 8.08. The molecule has 0 aromatic heterocycles. The highest BCUT2D eigenvalue weighted by Gasteiger charge is 2.15. The number of nitrogens with two attached hydrogens (primary N) is 1. The normalized spacial score (nSPS) is 16.0. The van der Waals surface area contributed by atoms with E-state index >= 15 is 0 Å². The first-order chi connectivity index (χ1) is 10.6. The molecule has 0 unspecified atom stereocenters. The number of anilines is 1. The summed E-state index contributed by atoms with van der Waals surface area (Å²) >= 11 is 0. The Kier molecular flexibility index (Phi) is 5.81. The van der Waals surface area contributed by atoms with Gasteiger partial charge in [0, 0.05) is 18.8 Å². The molecule has 0 aliphatic carbocycles. The lowest BCUT2D eigenvalue weighted by atomic mass is 10.0. The molecule has 1 heterocycles. The Morgan fingerprint density at radius 2 is 2.05 bits per heavy atom. The second-order valence-electron chi connectivity index (χ2n) is 6.05. The highest BCUT2D eigenvalue weighted by Crippen LogP contribution is 2.18. The molecule has 22 heavy (non-hydrogen) atoms. The van der Waals surface area contributed by atoms with Gasteiger partial charge in [0.05, 0.1) is 0 Å². The van der Waals surface area contributed by atoms with Gasteiger partial charge in [-0.05, 0) is 42.9 Å². The number of piperidine rings is 1. The molecule has 0 atom stereocenters. The van der Waals surface area contributed by atoms with Crippen molar-refractivity contribution in [2.75, 3.05) is 25.0 Å². The summed E-state index contributed by atoms with van der Waals surface area (Å²) in [5.74, 6) is 0.798. The maximum atomic E-state index is 12.0. The molecule has 1 aromatic rings. The van der Waals surface area contributed by atoms with Crippen molar-refractivity contribution in [3.8, 4) is 0 Å². The van der Waals surface area contributed by atoms with E-state index in [2.05, 4.69) is 36.3 Å². The Labute approximate surface area is 132 Å². The van der Waals surface area contributed by atoms with E-state index in [9.17, 15) is 4.79 Å². The Bertz CT molecular complexity index is 533. The van der Waals surface area contributed by atoms with Crippen LogP contribution >= 0.6 is 0 Å². The van der Waals surface area contributed by atoms with Crippen LogP contribution in [0.3, 0.4) is 0 Å². The molecule has 120 valence electrons. The number of nitrogens with one attached hydrogen (secondary N) is 1. The predicted molar refractivity (Wildman–Crippen MR) is 91.1 cm³/mol. The number of nitrogens with zero attached hydrogens (tertiary/aromatic N) is 2. The van der Waals surface area contributed by atoms with Crippen molar-refractivity contribution in [3.05, 3.63) is 29.8 Å².